The molecule has 0 radical (unpaired) electrons. The van der Waals surface area contributed by atoms with Crippen LogP contribution < -0.4 is 0 Å². The Bertz CT molecular complexity index is 323. The lowest BCUT2D eigenvalue weighted by molar-refractivity contribution is 0.0689. The fourth-order valence-electron chi connectivity index (χ4n) is 1.92. The average Bonchev–Trinajstić information content (AvgIpc) is 2.39. The summed E-state index contributed by atoms with van der Waals surface area (Å²) in [5.74, 6) is 2.55. The van der Waals surface area contributed by atoms with Crippen LogP contribution in [0.5, 0.6) is 0 Å². The zero-order chi connectivity index (χ0) is 12.3. The lowest BCUT2D eigenvalue weighted by Crippen LogP contribution is -2.04. The third-order valence-electron chi connectivity index (χ3n) is 2.86. The van der Waals surface area contributed by atoms with Crippen molar-refractivity contribution >= 4 is 0 Å². The average molecular weight is 230 g/mol. The van der Waals surface area contributed by atoms with Crippen LogP contribution in [0.25, 0.3) is 0 Å². The van der Waals surface area contributed by atoms with E-state index in [2.05, 4.69) is 25.0 Å². The SMILES string of the molecule is C#CCOC(CCCCCC)c1ccccc1. The highest BCUT2D eigenvalue weighted by atomic mass is 16.5. The summed E-state index contributed by atoms with van der Waals surface area (Å²) >= 11 is 0. The van der Waals surface area contributed by atoms with E-state index in [1.54, 1.807) is 0 Å². The fourth-order valence-corrected chi connectivity index (χ4v) is 1.92. The van der Waals surface area contributed by atoms with Crippen molar-refractivity contribution in [1.29, 1.82) is 0 Å². The first-order valence-electron chi connectivity index (χ1n) is 6.48. The Morgan fingerprint density at radius 2 is 1.94 bits per heavy atom. The second-order valence-corrected chi connectivity index (χ2v) is 4.26. The van der Waals surface area contributed by atoms with Crippen LogP contribution in [0.1, 0.15) is 50.7 Å². The van der Waals surface area contributed by atoms with Gasteiger partial charge in [0.1, 0.15) is 6.61 Å². The molecule has 0 bridgehead atoms. The lowest BCUT2D eigenvalue weighted by Gasteiger charge is -2.16. The van der Waals surface area contributed by atoms with E-state index in [0.29, 0.717) is 6.61 Å². The molecule has 0 aliphatic rings. The monoisotopic (exact) mass is 230 g/mol. The van der Waals surface area contributed by atoms with Gasteiger partial charge in [0, 0.05) is 0 Å². The van der Waals surface area contributed by atoms with Crippen molar-refractivity contribution in [3.8, 4) is 12.3 Å². The molecule has 0 aliphatic carbocycles. The van der Waals surface area contributed by atoms with Crippen molar-refractivity contribution in [3.05, 3.63) is 35.9 Å². The Balaban J connectivity index is 2.46. The zero-order valence-corrected chi connectivity index (χ0v) is 10.7. The molecule has 0 fully saturated rings. The van der Waals surface area contributed by atoms with Crippen molar-refractivity contribution < 1.29 is 4.74 Å². The molecule has 1 nitrogen and oxygen atoms in total. The van der Waals surface area contributed by atoms with Gasteiger partial charge in [-0.15, -0.1) is 6.42 Å². The van der Waals surface area contributed by atoms with Crippen molar-refractivity contribution in [1.82, 2.24) is 0 Å². The summed E-state index contributed by atoms with van der Waals surface area (Å²) in [7, 11) is 0. The molecular weight excluding hydrogens is 208 g/mol. The number of ether oxygens (including phenoxy) is 1. The van der Waals surface area contributed by atoms with Crippen LogP contribution >= 0.6 is 0 Å². The molecule has 1 aromatic carbocycles. The van der Waals surface area contributed by atoms with Crippen LogP contribution in [0.15, 0.2) is 30.3 Å². The molecule has 1 rings (SSSR count). The number of benzene rings is 1. The molecule has 1 atom stereocenters. The van der Waals surface area contributed by atoms with Gasteiger partial charge in [0.15, 0.2) is 0 Å². The Kier molecular flexibility index (Phi) is 7.18. The number of hydrogen-bond donors (Lipinski definition) is 0. The Hall–Kier alpha value is -1.26. The highest BCUT2D eigenvalue weighted by molar-refractivity contribution is 5.17. The van der Waals surface area contributed by atoms with Crippen LogP contribution in [0.4, 0.5) is 0 Å². The smallest absolute Gasteiger partial charge is 0.108 e. The third kappa shape index (κ3) is 5.56. The van der Waals surface area contributed by atoms with Gasteiger partial charge < -0.3 is 4.74 Å². The maximum absolute atomic E-state index is 5.72. The second kappa shape index (κ2) is 8.84. The van der Waals surface area contributed by atoms with Gasteiger partial charge in [-0.25, -0.2) is 0 Å². The van der Waals surface area contributed by atoms with Crippen molar-refractivity contribution in [2.24, 2.45) is 0 Å². The van der Waals surface area contributed by atoms with E-state index in [-0.39, 0.29) is 6.10 Å². The summed E-state index contributed by atoms with van der Waals surface area (Å²) in [6.07, 6.45) is 11.5. The quantitative estimate of drug-likeness (QED) is 0.476. The zero-order valence-electron chi connectivity index (χ0n) is 10.7. The van der Waals surface area contributed by atoms with Gasteiger partial charge >= 0.3 is 0 Å². The lowest BCUT2D eigenvalue weighted by atomic mass is 10.0. The molecule has 92 valence electrons. The van der Waals surface area contributed by atoms with E-state index in [1.807, 2.05) is 18.2 Å². The van der Waals surface area contributed by atoms with Crippen molar-refractivity contribution in [2.75, 3.05) is 6.61 Å². The molecule has 0 N–H and O–H groups in total. The maximum atomic E-state index is 5.72. The van der Waals surface area contributed by atoms with E-state index < -0.39 is 0 Å². The molecule has 1 aromatic rings. The van der Waals surface area contributed by atoms with Crippen LogP contribution in [0, 0.1) is 12.3 Å². The minimum absolute atomic E-state index is 0.157. The number of hydrogen-bond acceptors (Lipinski definition) is 1. The summed E-state index contributed by atoms with van der Waals surface area (Å²) in [5, 5.41) is 0. The van der Waals surface area contributed by atoms with Gasteiger partial charge in [-0.05, 0) is 12.0 Å². The molecule has 0 saturated carbocycles. The summed E-state index contributed by atoms with van der Waals surface area (Å²) in [6, 6.07) is 10.3. The molecule has 0 spiro atoms. The molecule has 0 aliphatic heterocycles. The van der Waals surface area contributed by atoms with E-state index in [1.165, 1.54) is 31.2 Å². The number of terminal acetylenes is 1. The highest BCUT2D eigenvalue weighted by Gasteiger charge is 2.10. The second-order valence-electron chi connectivity index (χ2n) is 4.26. The Morgan fingerprint density at radius 3 is 2.59 bits per heavy atom. The first-order valence-corrected chi connectivity index (χ1v) is 6.48. The fraction of sp³-hybridized carbons (Fsp3) is 0.500. The van der Waals surface area contributed by atoms with Gasteiger partial charge in [0.25, 0.3) is 0 Å². The Morgan fingerprint density at radius 1 is 1.18 bits per heavy atom. The molecule has 0 aromatic heterocycles. The normalized spacial score (nSPS) is 12.0. The van der Waals surface area contributed by atoms with Crippen LogP contribution in [-0.4, -0.2) is 6.61 Å². The molecule has 0 heterocycles. The van der Waals surface area contributed by atoms with Crippen molar-refractivity contribution in [3.63, 3.8) is 0 Å². The Labute approximate surface area is 105 Å². The highest BCUT2D eigenvalue weighted by Crippen LogP contribution is 2.23. The van der Waals surface area contributed by atoms with E-state index in [4.69, 9.17) is 11.2 Å². The number of unbranched alkanes of at least 4 members (excludes halogenated alkanes) is 3. The molecule has 0 amide bonds. The summed E-state index contributed by atoms with van der Waals surface area (Å²) in [5.41, 5.74) is 1.24. The first-order chi connectivity index (χ1) is 8.38. The minimum Gasteiger partial charge on any atom is -0.361 e. The van der Waals surface area contributed by atoms with Gasteiger partial charge in [-0.1, -0.05) is 68.9 Å². The molecule has 17 heavy (non-hydrogen) atoms. The molecule has 1 unspecified atom stereocenters. The number of rotatable bonds is 8. The van der Waals surface area contributed by atoms with Gasteiger partial charge in [-0.3, -0.25) is 0 Å². The summed E-state index contributed by atoms with van der Waals surface area (Å²) in [6.45, 7) is 2.62. The molecule has 1 heteroatoms. The summed E-state index contributed by atoms with van der Waals surface area (Å²) in [4.78, 5) is 0. The molecule has 0 saturated heterocycles. The van der Waals surface area contributed by atoms with Gasteiger partial charge in [-0.2, -0.15) is 0 Å². The standard InChI is InChI=1S/C16H22O/c1-3-5-6-10-13-16(17-14-4-2)15-11-8-7-9-12-15/h2,7-9,11-12,16H,3,5-6,10,13-14H2,1H3. The maximum Gasteiger partial charge on any atom is 0.108 e. The topological polar surface area (TPSA) is 9.23 Å². The first kappa shape index (κ1) is 13.8. The summed E-state index contributed by atoms with van der Waals surface area (Å²) < 4.78 is 5.72. The van der Waals surface area contributed by atoms with E-state index >= 15 is 0 Å². The van der Waals surface area contributed by atoms with Gasteiger partial charge in [0.2, 0.25) is 0 Å². The van der Waals surface area contributed by atoms with E-state index in [9.17, 15) is 0 Å². The largest absolute Gasteiger partial charge is 0.361 e. The predicted octanol–water partition coefficient (Wildman–Crippen LogP) is 4.35. The predicted molar refractivity (Wildman–Crippen MR) is 72.7 cm³/mol. The third-order valence-corrected chi connectivity index (χ3v) is 2.86. The molecular formula is C16H22O. The van der Waals surface area contributed by atoms with Crippen molar-refractivity contribution in [2.45, 2.75) is 45.1 Å². The van der Waals surface area contributed by atoms with Crippen LogP contribution in [0.3, 0.4) is 0 Å². The van der Waals surface area contributed by atoms with Crippen LogP contribution in [-0.2, 0) is 4.74 Å². The van der Waals surface area contributed by atoms with E-state index in [0.717, 1.165) is 6.42 Å². The van der Waals surface area contributed by atoms with Gasteiger partial charge in [0.05, 0.1) is 6.10 Å². The minimum atomic E-state index is 0.157. The van der Waals surface area contributed by atoms with Crippen LogP contribution in [0.2, 0.25) is 0 Å².